The van der Waals surface area contributed by atoms with Crippen LogP contribution in [0.5, 0.6) is 0 Å². The van der Waals surface area contributed by atoms with E-state index in [0.717, 1.165) is 6.42 Å². The van der Waals surface area contributed by atoms with E-state index in [-0.39, 0.29) is 58.9 Å². The Kier molecular flexibility index (Phi) is 530. The Morgan fingerprint density at radius 2 is 0.947 bits per heavy atom. The minimum Gasteiger partial charge on any atom is -0.346 e. The van der Waals surface area contributed by atoms with Gasteiger partial charge in [-0.25, -0.2) is 12.2 Å². The van der Waals surface area contributed by atoms with Gasteiger partial charge >= 0.3 is 0 Å². The maximum absolute atomic E-state index is 3.25. The normalized spacial score (nSPS) is 6.21. The minimum absolute atomic E-state index is 0. The van der Waals surface area contributed by atoms with Crippen molar-refractivity contribution in [2.75, 3.05) is 0 Å². The first kappa shape index (κ1) is 59.6. The van der Waals surface area contributed by atoms with Gasteiger partial charge in [0.15, 0.2) is 0 Å². The molecule has 0 bridgehead atoms. The topological polar surface area (TPSA) is 0 Å². The van der Waals surface area contributed by atoms with Gasteiger partial charge in [0, 0.05) is 21.7 Å². The fourth-order valence-electron chi connectivity index (χ4n) is 0.340. The second-order valence-electron chi connectivity index (χ2n) is 1.00. The van der Waals surface area contributed by atoms with Gasteiger partial charge in [0.25, 0.3) is 0 Å². The molecule has 0 radical (unpaired) electrons. The zero-order valence-electron chi connectivity index (χ0n) is 13.2. The minimum atomic E-state index is 0. The predicted molar refractivity (Wildman–Crippen MR) is 98.5 cm³/mol. The summed E-state index contributed by atoms with van der Waals surface area (Å²) in [5.74, 6) is 0. The standard InChI is InChI=1S/C5H5.5C2H5.3ClH.Ti/c1-2-4-5-3-1;5*1-2;;;;/h1-3H,4H2;5*1H2,2H3;3*1H;/q6*-1;;;;. The first-order valence-electron chi connectivity index (χ1n) is 5.25. The summed E-state index contributed by atoms with van der Waals surface area (Å²) in [5, 5.41) is 0. The molecule has 124 valence electrons. The van der Waals surface area contributed by atoms with Crippen molar-refractivity contribution in [1.29, 1.82) is 0 Å². The van der Waals surface area contributed by atoms with E-state index < -0.39 is 0 Å². The molecule has 1 rings (SSSR count). The Bertz CT molecular complexity index is 75.5. The molecule has 4 heteroatoms. The third-order valence-corrected chi connectivity index (χ3v) is 0.586. The maximum Gasteiger partial charge on any atom is 0 e. The van der Waals surface area contributed by atoms with E-state index >= 15 is 0 Å². The molecule has 0 atom stereocenters. The van der Waals surface area contributed by atoms with Crippen LogP contribution in [-0.2, 0) is 21.7 Å². The molecular formula is C15H33Cl3Ti-6. The molecule has 1 aliphatic rings. The third kappa shape index (κ3) is 151. The summed E-state index contributed by atoms with van der Waals surface area (Å²) in [6.45, 7) is 25.0. The SMILES string of the molecule is Cl.Cl.Cl.[C-]1=CC=CC1.[CH2-]C.[CH2-]C.[CH2-]C.[CH2-]C.[CH2-]C.[Ti]. The van der Waals surface area contributed by atoms with Crippen LogP contribution in [0.1, 0.15) is 41.0 Å². The van der Waals surface area contributed by atoms with Gasteiger partial charge in [-0.05, 0) is 0 Å². The molecule has 0 heterocycles. The molecule has 0 aromatic rings. The Balaban J connectivity index is -0.00000000930. The largest absolute Gasteiger partial charge is 0.346 e. The Morgan fingerprint density at radius 3 is 1.00 bits per heavy atom. The van der Waals surface area contributed by atoms with Crippen LogP contribution in [0.15, 0.2) is 18.2 Å². The second-order valence-corrected chi connectivity index (χ2v) is 1.00. The summed E-state index contributed by atoms with van der Waals surface area (Å²) in [6, 6.07) is 0. The molecule has 0 amide bonds. The van der Waals surface area contributed by atoms with Gasteiger partial charge in [-0.1, -0.05) is 0 Å². The number of hydrogen-bond donors (Lipinski definition) is 0. The number of hydrogen-bond acceptors (Lipinski definition) is 0. The zero-order chi connectivity index (χ0) is 13.5. The smallest absolute Gasteiger partial charge is 0 e. The summed E-state index contributed by atoms with van der Waals surface area (Å²) < 4.78 is 0. The predicted octanol–water partition coefficient (Wildman–Crippen LogP) is 6.77. The number of allylic oxidation sites excluding steroid dienone is 4. The van der Waals surface area contributed by atoms with E-state index in [2.05, 4.69) is 46.8 Å². The van der Waals surface area contributed by atoms with Crippen molar-refractivity contribution in [3.8, 4) is 0 Å². The summed E-state index contributed by atoms with van der Waals surface area (Å²) >= 11 is 0. The molecule has 0 spiro atoms. The first-order valence-corrected chi connectivity index (χ1v) is 5.25. The molecule has 0 aromatic carbocycles. The third-order valence-electron chi connectivity index (χ3n) is 0.586. The van der Waals surface area contributed by atoms with Crippen LogP contribution in [0.25, 0.3) is 0 Å². The van der Waals surface area contributed by atoms with E-state index in [0.29, 0.717) is 0 Å². The molecule has 0 saturated heterocycles. The van der Waals surface area contributed by atoms with Crippen LogP contribution in [0, 0.1) is 40.7 Å². The molecule has 0 N–H and O–H groups in total. The summed E-state index contributed by atoms with van der Waals surface area (Å²) in [6.07, 6.45) is 10.0. The van der Waals surface area contributed by atoms with Crippen LogP contribution < -0.4 is 0 Å². The van der Waals surface area contributed by atoms with Crippen LogP contribution in [0.2, 0.25) is 0 Å². The summed E-state index contributed by atoms with van der Waals surface area (Å²) in [7, 11) is 0. The fraction of sp³-hybridized carbons (Fsp3) is 0.400. The van der Waals surface area contributed by atoms with Crippen molar-refractivity contribution in [3.05, 3.63) is 58.9 Å². The van der Waals surface area contributed by atoms with Crippen LogP contribution >= 0.6 is 37.2 Å². The second kappa shape index (κ2) is 169. The maximum atomic E-state index is 3.25. The van der Waals surface area contributed by atoms with Crippen molar-refractivity contribution >= 4 is 37.2 Å². The first-order chi connectivity index (χ1) is 7.50. The van der Waals surface area contributed by atoms with Crippen molar-refractivity contribution in [3.63, 3.8) is 0 Å². The van der Waals surface area contributed by atoms with Gasteiger partial charge in [0.1, 0.15) is 0 Å². The monoisotopic (exact) mass is 366 g/mol. The molecule has 0 fully saturated rings. The number of rotatable bonds is 0. The molecule has 1 aliphatic carbocycles. The van der Waals surface area contributed by atoms with Gasteiger partial charge < -0.3 is 34.6 Å². The summed E-state index contributed by atoms with van der Waals surface area (Å²) in [5.41, 5.74) is 0. The zero-order valence-corrected chi connectivity index (χ0v) is 17.2. The average Bonchev–Trinajstić information content (AvgIpc) is 3.00. The molecule has 0 nitrogen and oxygen atoms in total. The quantitative estimate of drug-likeness (QED) is 0.327. The van der Waals surface area contributed by atoms with Crippen LogP contribution in [-0.4, -0.2) is 0 Å². The number of halogens is 3. The van der Waals surface area contributed by atoms with E-state index in [4.69, 9.17) is 0 Å². The van der Waals surface area contributed by atoms with Crippen LogP contribution in [0.4, 0.5) is 0 Å². The molecule has 0 aliphatic heterocycles. The molecule has 19 heavy (non-hydrogen) atoms. The van der Waals surface area contributed by atoms with Crippen molar-refractivity contribution in [1.82, 2.24) is 0 Å². The van der Waals surface area contributed by atoms with Crippen LogP contribution in [0.3, 0.4) is 0 Å². The molecular weight excluding hydrogens is 334 g/mol. The van der Waals surface area contributed by atoms with Crippen molar-refractivity contribution in [2.24, 2.45) is 0 Å². The van der Waals surface area contributed by atoms with Gasteiger partial charge in [-0.3, -0.25) is 6.08 Å². The van der Waals surface area contributed by atoms with Gasteiger partial charge in [0.2, 0.25) is 0 Å². The molecule has 0 aromatic heterocycles. The average molecular weight is 368 g/mol. The van der Waals surface area contributed by atoms with E-state index in [1.54, 1.807) is 34.6 Å². The van der Waals surface area contributed by atoms with E-state index in [1.807, 2.05) is 12.2 Å². The van der Waals surface area contributed by atoms with E-state index in [9.17, 15) is 0 Å². The van der Waals surface area contributed by atoms with E-state index in [1.165, 1.54) is 0 Å². The van der Waals surface area contributed by atoms with Crippen molar-refractivity contribution in [2.45, 2.75) is 41.0 Å². The van der Waals surface area contributed by atoms with Gasteiger partial charge in [-0.15, -0.1) is 43.6 Å². The molecule has 0 saturated carbocycles. The van der Waals surface area contributed by atoms with Crippen molar-refractivity contribution < 1.29 is 21.7 Å². The summed E-state index contributed by atoms with van der Waals surface area (Å²) in [4.78, 5) is 0. The fourth-order valence-corrected chi connectivity index (χ4v) is 0.340. The Labute approximate surface area is 158 Å². The molecule has 0 unspecified atom stereocenters. The Hall–Kier alpha value is 1.06. The van der Waals surface area contributed by atoms with Gasteiger partial charge in [0.05, 0.1) is 0 Å². The van der Waals surface area contributed by atoms with Gasteiger partial charge in [-0.2, -0.15) is 40.7 Å². The Morgan fingerprint density at radius 1 is 0.684 bits per heavy atom.